The van der Waals surface area contributed by atoms with Gasteiger partial charge in [-0.25, -0.2) is 5.43 Å². The van der Waals surface area contributed by atoms with Crippen LogP contribution >= 0.6 is 0 Å². The molecule has 0 saturated carbocycles. The van der Waals surface area contributed by atoms with Crippen LogP contribution in [0, 0.1) is 0 Å². The highest BCUT2D eigenvalue weighted by Gasteiger charge is 2.10. The molecule has 0 aliphatic rings. The SMILES string of the molecule is COc1ccc(CNC(=O)CC(C)=NNC(=O)c2cc(OC)cc(OC)c2)cc1. The Hall–Kier alpha value is -3.55. The number of hydrogen-bond acceptors (Lipinski definition) is 6. The summed E-state index contributed by atoms with van der Waals surface area (Å²) in [6.07, 6.45) is 0.0673. The first-order valence-corrected chi connectivity index (χ1v) is 8.91. The lowest BCUT2D eigenvalue weighted by Crippen LogP contribution is -2.26. The lowest BCUT2D eigenvalue weighted by atomic mass is 10.2. The number of nitrogens with one attached hydrogen (secondary N) is 2. The summed E-state index contributed by atoms with van der Waals surface area (Å²) < 4.78 is 15.4. The van der Waals surface area contributed by atoms with Crippen molar-refractivity contribution in [3.8, 4) is 17.2 Å². The quantitative estimate of drug-likeness (QED) is 0.499. The molecule has 2 amide bonds. The Morgan fingerprint density at radius 3 is 2.03 bits per heavy atom. The van der Waals surface area contributed by atoms with E-state index in [1.807, 2.05) is 24.3 Å². The topological polar surface area (TPSA) is 98.2 Å². The molecule has 154 valence electrons. The third-order valence-corrected chi connectivity index (χ3v) is 4.03. The summed E-state index contributed by atoms with van der Waals surface area (Å²) >= 11 is 0. The van der Waals surface area contributed by atoms with E-state index in [1.165, 1.54) is 14.2 Å². The highest BCUT2D eigenvalue weighted by Crippen LogP contribution is 2.22. The molecule has 8 nitrogen and oxygen atoms in total. The lowest BCUT2D eigenvalue weighted by Gasteiger charge is -2.08. The molecule has 0 aromatic heterocycles. The van der Waals surface area contributed by atoms with Gasteiger partial charge in [-0.05, 0) is 36.8 Å². The van der Waals surface area contributed by atoms with Gasteiger partial charge in [-0.3, -0.25) is 9.59 Å². The fraction of sp³-hybridized carbons (Fsp3) is 0.286. The molecule has 2 N–H and O–H groups in total. The molecule has 0 aliphatic heterocycles. The van der Waals surface area contributed by atoms with E-state index >= 15 is 0 Å². The molecule has 0 aliphatic carbocycles. The van der Waals surface area contributed by atoms with E-state index in [1.54, 1.807) is 32.2 Å². The predicted octanol–water partition coefficient (Wildman–Crippen LogP) is 2.52. The Morgan fingerprint density at radius 1 is 0.897 bits per heavy atom. The summed E-state index contributed by atoms with van der Waals surface area (Å²) in [7, 11) is 4.61. The van der Waals surface area contributed by atoms with Gasteiger partial charge in [-0.2, -0.15) is 5.10 Å². The Morgan fingerprint density at radius 2 is 1.48 bits per heavy atom. The smallest absolute Gasteiger partial charge is 0.271 e. The third kappa shape index (κ3) is 6.84. The lowest BCUT2D eigenvalue weighted by molar-refractivity contribution is -0.120. The minimum Gasteiger partial charge on any atom is -0.497 e. The first kappa shape index (κ1) is 21.7. The van der Waals surface area contributed by atoms with Gasteiger partial charge in [0.25, 0.3) is 5.91 Å². The fourth-order valence-corrected chi connectivity index (χ4v) is 2.43. The van der Waals surface area contributed by atoms with Crippen molar-refractivity contribution in [2.75, 3.05) is 21.3 Å². The van der Waals surface area contributed by atoms with Gasteiger partial charge in [0.05, 0.1) is 27.8 Å². The number of carbonyl (C=O) groups is 2. The Bertz CT molecular complexity index is 856. The fourth-order valence-electron chi connectivity index (χ4n) is 2.43. The maximum atomic E-state index is 12.3. The van der Waals surface area contributed by atoms with Crippen LogP contribution in [0.5, 0.6) is 17.2 Å². The van der Waals surface area contributed by atoms with E-state index in [9.17, 15) is 9.59 Å². The van der Waals surface area contributed by atoms with Crippen molar-refractivity contribution in [2.24, 2.45) is 5.10 Å². The molecule has 2 aromatic carbocycles. The van der Waals surface area contributed by atoms with Crippen LogP contribution in [0.25, 0.3) is 0 Å². The highest BCUT2D eigenvalue weighted by molar-refractivity contribution is 6.01. The molecular formula is C21H25N3O5. The minimum atomic E-state index is -0.430. The number of rotatable bonds is 9. The van der Waals surface area contributed by atoms with Crippen LogP contribution in [0.1, 0.15) is 29.3 Å². The summed E-state index contributed by atoms with van der Waals surface area (Å²) in [5, 5.41) is 6.80. The van der Waals surface area contributed by atoms with Crippen molar-refractivity contribution in [3.05, 3.63) is 53.6 Å². The Labute approximate surface area is 169 Å². The van der Waals surface area contributed by atoms with Gasteiger partial charge in [0.2, 0.25) is 5.91 Å². The molecule has 0 heterocycles. The molecule has 0 radical (unpaired) electrons. The van der Waals surface area contributed by atoms with Gasteiger partial charge in [0.15, 0.2) is 0 Å². The molecule has 0 spiro atoms. The van der Waals surface area contributed by atoms with Crippen molar-refractivity contribution in [2.45, 2.75) is 19.9 Å². The maximum absolute atomic E-state index is 12.3. The van der Waals surface area contributed by atoms with Crippen molar-refractivity contribution < 1.29 is 23.8 Å². The molecular weight excluding hydrogens is 374 g/mol. The molecule has 0 saturated heterocycles. The Kier molecular flexibility index (Phi) is 8.02. The van der Waals surface area contributed by atoms with Crippen molar-refractivity contribution in [3.63, 3.8) is 0 Å². The van der Waals surface area contributed by atoms with Crippen molar-refractivity contribution >= 4 is 17.5 Å². The monoisotopic (exact) mass is 399 g/mol. The second-order valence-corrected chi connectivity index (χ2v) is 6.19. The maximum Gasteiger partial charge on any atom is 0.271 e. The van der Waals surface area contributed by atoms with E-state index < -0.39 is 5.91 Å². The van der Waals surface area contributed by atoms with Crippen LogP contribution in [-0.2, 0) is 11.3 Å². The van der Waals surface area contributed by atoms with Crippen LogP contribution < -0.4 is 25.0 Å². The van der Waals surface area contributed by atoms with E-state index in [2.05, 4.69) is 15.8 Å². The zero-order valence-electron chi connectivity index (χ0n) is 16.9. The first-order chi connectivity index (χ1) is 13.9. The van der Waals surface area contributed by atoms with Crippen LogP contribution in [0.3, 0.4) is 0 Å². The molecule has 2 rings (SSSR count). The highest BCUT2D eigenvalue weighted by atomic mass is 16.5. The number of ether oxygens (including phenoxy) is 3. The third-order valence-electron chi connectivity index (χ3n) is 4.03. The van der Waals surface area contributed by atoms with Gasteiger partial charge >= 0.3 is 0 Å². The van der Waals surface area contributed by atoms with E-state index in [0.29, 0.717) is 29.3 Å². The number of benzene rings is 2. The molecule has 0 unspecified atom stereocenters. The summed E-state index contributed by atoms with van der Waals surface area (Å²) in [5.41, 5.74) is 4.20. The van der Waals surface area contributed by atoms with Gasteiger partial charge in [-0.1, -0.05) is 12.1 Å². The van der Waals surface area contributed by atoms with Crippen LogP contribution in [0.4, 0.5) is 0 Å². The summed E-state index contributed by atoms with van der Waals surface area (Å²) in [5.74, 6) is 1.12. The van der Waals surface area contributed by atoms with Crippen molar-refractivity contribution in [1.29, 1.82) is 0 Å². The minimum absolute atomic E-state index is 0.0673. The average Bonchev–Trinajstić information content (AvgIpc) is 2.75. The zero-order chi connectivity index (χ0) is 21.2. The van der Waals surface area contributed by atoms with E-state index in [4.69, 9.17) is 14.2 Å². The number of hydrogen-bond donors (Lipinski definition) is 2. The molecule has 29 heavy (non-hydrogen) atoms. The van der Waals surface area contributed by atoms with E-state index in [0.717, 1.165) is 11.3 Å². The van der Waals surface area contributed by atoms with Crippen molar-refractivity contribution in [1.82, 2.24) is 10.7 Å². The van der Waals surface area contributed by atoms with Crippen LogP contribution in [0.2, 0.25) is 0 Å². The van der Waals surface area contributed by atoms with Gasteiger partial charge < -0.3 is 19.5 Å². The van der Waals surface area contributed by atoms with Crippen LogP contribution in [0.15, 0.2) is 47.6 Å². The van der Waals surface area contributed by atoms with E-state index in [-0.39, 0.29) is 12.3 Å². The number of carbonyl (C=O) groups excluding carboxylic acids is 2. The second kappa shape index (κ2) is 10.7. The molecule has 2 aromatic rings. The molecule has 0 fully saturated rings. The molecule has 8 heteroatoms. The predicted molar refractivity (Wildman–Crippen MR) is 110 cm³/mol. The second-order valence-electron chi connectivity index (χ2n) is 6.19. The van der Waals surface area contributed by atoms with Crippen LogP contribution in [-0.4, -0.2) is 38.9 Å². The number of nitrogens with zero attached hydrogens (tertiary/aromatic N) is 1. The number of hydrazone groups is 1. The number of amides is 2. The van der Waals surface area contributed by atoms with Gasteiger partial charge in [0, 0.05) is 23.9 Å². The van der Waals surface area contributed by atoms with Gasteiger partial charge in [-0.15, -0.1) is 0 Å². The summed E-state index contributed by atoms with van der Waals surface area (Å²) in [4.78, 5) is 24.4. The summed E-state index contributed by atoms with van der Waals surface area (Å²) in [6.45, 7) is 2.06. The average molecular weight is 399 g/mol. The first-order valence-electron chi connectivity index (χ1n) is 8.91. The normalized spacial score (nSPS) is 10.8. The Balaban J connectivity index is 1.87. The number of methoxy groups -OCH3 is 3. The zero-order valence-corrected chi connectivity index (χ0v) is 16.9. The summed E-state index contributed by atoms with van der Waals surface area (Å²) in [6, 6.07) is 12.2. The van der Waals surface area contributed by atoms with Gasteiger partial charge in [0.1, 0.15) is 17.2 Å². The molecule has 0 atom stereocenters. The largest absolute Gasteiger partial charge is 0.497 e. The standard InChI is InChI=1S/C21H25N3O5/c1-14(9-20(25)22-13-15-5-7-17(27-2)8-6-15)23-24-21(26)16-10-18(28-3)12-19(11-16)29-4/h5-8,10-12H,9,13H2,1-4H3,(H,22,25)(H,24,26). The molecule has 0 bridgehead atoms.